The van der Waals surface area contributed by atoms with E-state index in [2.05, 4.69) is 57.2 Å². The Morgan fingerprint density at radius 2 is 0.551 bits per heavy atom. The summed E-state index contributed by atoms with van der Waals surface area (Å²) in [6, 6.07) is 0. The molecule has 0 amide bonds. The maximum absolute atomic E-state index is 12.8. The molecule has 0 radical (unpaired) electrons. The van der Waals surface area contributed by atoms with E-state index < -0.39 is 29.9 Å². The molecule has 0 saturated carbocycles. The van der Waals surface area contributed by atoms with Gasteiger partial charge in [-0.2, -0.15) is 0 Å². The zero-order chi connectivity index (χ0) is 50.7. The first-order valence-electron chi connectivity index (χ1n) is 27.1. The summed E-state index contributed by atoms with van der Waals surface area (Å²) in [6.07, 6.45) is 38.1. The van der Waals surface area contributed by atoms with Crippen molar-refractivity contribution >= 4 is 35.8 Å². The van der Waals surface area contributed by atoms with E-state index in [-0.39, 0.29) is 76.3 Å². The Hall–Kier alpha value is -4.00. The molecule has 0 aromatic heterocycles. The van der Waals surface area contributed by atoms with Crippen molar-refractivity contribution in [2.24, 2.45) is 5.41 Å². The molecule has 0 aliphatic rings. The standard InChI is InChI=1S/C56H96O13/c1-4-7-10-13-16-19-22-34-43-64-50(58)37-28-25-31-40-53(61)67-47-56(46-57,48-68-54(62)41-32-26-29-38-51(59)65-44-35-23-20-17-14-11-8-5-2)49-69-55(63)42-33-27-30-39-52(60)66-45-36-24-21-18-15-12-9-6-3/h16-21,57H,4-15,22-49H2,1-3H3/b19-16-,20-17-,21-18-. The second-order valence-electron chi connectivity index (χ2n) is 18.3. The van der Waals surface area contributed by atoms with Crippen LogP contribution < -0.4 is 0 Å². The minimum Gasteiger partial charge on any atom is -0.466 e. The normalized spacial score (nSPS) is 11.7. The van der Waals surface area contributed by atoms with E-state index in [4.69, 9.17) is 28.4 Å². The zero-order valence-corrected chi connectivity index (χ0v) is 43.6. The van der Waals surface area contributed by atoms with Crippen LogP contribution in [0.2, 0.25) is 0 Å². The number of hydrogen-bond donors (Lipinski definition) is 1. The fourth-order valence-corrected chi connectivity index (χ4v) is 6.95. The van der Waals surface area contributed by atoms with Crippen LogP contribution in [0.1, 0.15) is 233 Å². The Balaban J connectivity index is 4.81. The van der Waals surface area contributed by atoms with E-state index in [0.29, 0.717) is 77.6 Å². The molecule has 13 heteroatoms. The second kappa shape index (κ2) is 49.0. The molecule has 0 aliphatic heterocycles. The summed E-state index contributed by atoms with van der Waals surface area (Å²) in [6.45, 7) is 6.06. The van der Waals surface area contributed by atoms with Crippen molar-refractivity contribution in [1.29, 1.82) is 0 Å². The quantitative estimate of drug-likeness (QED) is 0.0264. The third-order valence-electron chi connectivity index (χ3n) is 11.5. The number of hydrogen-bond acceptors (Lipinski definition) is 13. The van der Waals surface area contributed by atoms with Gasteiger partial charge in [-0.15, -0.1) is 0 Å². The highest BCUT2D eigenvalue weighted by atomic mass is 16.6. The highest BCUT2D eigenvalue weighted by Crippen LogP contribution is 2.22. The fraction of sp³-hybridized carbons (Fsp3) is 0.786. The van der Waals surface area contributed by atoms with Crippen molar-refractivity contribution in [3.63, 3.8) is 0 Å². The van der Waals surface area contributed by atoms with Crippen LogP contribution in [0, 0.1) is 5.41 Å². The molecule has 0 aliphatic carbocycles. The number of rotatable bonds is 49. The van der Waals surface area contributed by atoms with Crippen molar-refractivity contribution in [2.75, 3.05) is 46.2 Å². The lowest BCUT2D eigenvalue weighted by Gasteiger charge is -2.30. The smallest absolute Gasteiger partial charge is 0.305 e. The molecule has 0 saturated heterocycles. The van der Waals surface area contributed by atoms with Gasteiger partial charge in [-0.25, -0.2) is 0 Å². The van der Waals surface area contributed by atoms with Crippen molar-refractivity contribution in [1.82, 2.24) is 0 Å². The van der Waals surface area contributed by atoms with Crippen molar-refractivity contribution in [2.45, 2.75) is 233 Å². The fourth-order valence-electron chi connectivity index (χ4n) is 6.95. The number of unbranched alkanes of at least 4 members (excludes halogenated alkanes) is 18. The summed E-state index contributed by atoms with van der Waals surface area (Å²) in [5.74, 6) is -2.37. The molecule has 0 heterocycles. The monoisotopic (exact) mass is 977 g/mol. The Morgan fingerprint density at radius 1 is 0.319 bits per heavy atom. The van der Waals surface area contributed by atoms with E-state index >= 15 is 0 Å². The average Bonchev–Trinajstić information content (AvgIpc) is 3.34. The van der Waals surface area contributed by atoms with Crippen LogP contribution >= 0.6 is 0 Å². The summed E-state index contributed by atoms with van der Waals surface area (Å²) in [5.41, 5.74) is -1.39. The van der Waals surface area contributed by atoms with Crippen molar-refractivity contribution in [3.05, 3.63) is 36.5 Å². The lowest BCUT2D eigenvalue weighted by molar-refractivity contribution is -0.165. The molecule has 1 N–H and O–H groups in total. The molecule has 0 unspecified atom stereocenters. The maximum Gasteiger partial charge on any atom is 0.305 e. The topological polar surface area (TPSA) is 178 Å². The molecule has 0 fully saturated rings. The Bertz CT molecular complexity index is 1230. The first-order valence-corrected chi connectivity index (χ1v) is 27.1. The molecule has 69 heavy (non-hydrogen) atoms. The van der Waals surface area contributed by atoms with Gasteiger partial charge in [0.25, 0.3) is 0 Å². The van der Waals surface area contributed by atoms with Gasteiger partial charge in [-0.3, -0.25) is 28.8 Å². The number of allylic oxidation sites excluding steroid dienone is 6. The summed E-state index contributed by atoms with van der Waals surface area (Å²) in [5, 5.41) is 10.5. The van der Waals surface area contributed by atoms with Gasteiger partial charge < -0.3 is 33.5 Å². The van der Waals surface area contributed by atoms with Crippen LogP contribution in [0.3, 0.4) is 0 Å². The molecule has 0 aromatic carbocycles. The number of carbonyl (C=O) groups excluding carboxylic acids is 6. The first kappa shape index (κ1) is 65.0. The van der Waals surface area contributed by atoms with Gasteiger partial charge in [-0.1, -0.05) is 115 Å². The maximum atomic E-state index is 12.8. The summed E-state index contributed by atoms with van der Waals surface area (Å²) in [4.78, 5) is 74.7. The molecule has 0 bridgehead atoms. The first-order chi connectivity index (χ1) is 33.6. The number of esters is 6. The number of aliphatic hydroxyl groups excluding tert-OH is 1. The van der Waals surface area contributed by atoms with Crippen LogP contribution in [0.25, 0.3) is 0 Å². The minimum atomic E-state index is -1.39. The van der Waals surface area contributed by atoms with Crippen LogP contribution in [0.15, 0.2) is 36.5 Å². The van der Waals surface area contributed by atoms with Gasteiger partial charge in [0.2, 0.25) is 0 Å². The number of ether oxygens (including phenoxy) is 6. The zero-order valence-electron chi connectivity index (χ0n) is 43.6. The largest absolute Gasteiger partial charge is 0.466 e. The van der Waals surface area contributed by atoms with E-state index in [1.807, 2.05) is 0 Å². The summed E-state index contributed by atoms with van der Waals surface area (Å²) < 4.78 is 32.6. The molecule has 0 atom stereocenters. The van der Waals surface area contributed by atoms with Gasteiger partial charge in [0.15, 0.2) is 0 Å². The highest BCUT2D eigenvalue weighted by molar-refractivity contribution is 5.71. The number of carbonyl (C=O) groups is 6. The summed E-state index contributed by atoms with van der Waals surface area (Å²) >= 11 is 0. The van der Waals surface area contributed by atoms with Gasteiger partial charge in [0.1, 0.15) is 19.8 Å². The van der Waals surface area contributed by atoms with Crippen LogP contribution in [0.4, 0.5) is 0 Å². The second-order valence-corrected chi connectivity index (χ2v) is 18.3. The SMILES string of the molecule is CCCCC/C=C\CCCOC(=O)CCCCCC(=O)OCC(CO)(COC(=O)CCCCCC(=O)OCCC/C=C\CCCCC)COC(=O)CCCCCC(=O)OCCC/C=C\CCCCC. The summed E-state index contributed by atoms with van der Waals surface area (Å²) in [7, 11) is 0. The molecule has 13 nitrogen and oxygen atoms in total. The van der Waals surface area contributed by atoms with Crippen LogP contribution in [-0.4, -0.2) is 87.2 Å². The molecular weight excluding hydrogens is 881 g/mol. The predicted molar refractivity (Wildman–Crippen MR) is 272 cm³/mol. The van der Waals surface area contributed by atoms with E-state index in [1.165, 1.54) is 57.8 Å². The third kappa shape index (κ3) is 44.9. The third-order valence-corrected chi connectivity index (χ3v) is 11.5. The Morgan fingerprint density at radius 3 is 0.783 bits per heavy atom. The molecule has 0 spiro atoms. The highest BCUT2D eigenvalue weighted by Gasteiger charge is 2.35. The lowest BCUT2D eigenvalue weighted by atomic mass is 9.92. The number of aliphatic hydroxyl groups is 1. The predicted octanol–water partition coefficient (Wildman–Crippen LogP) is 12.8. The van der Waals surface area contributed by atoms with Crippen LogP contribution in [0.5, 0.6) is 0 Å². The molecule has 0 aromatic rings. The van der Waals surface area contributed by atoms with Gasteiger partial charge in [-0.05, 0) is 116 Å². The van der Waals surface area contributed by atoms with Gasteiger partial charge >= 0.3 is 35.8 Å². The average molecular weight is 977 g/mol. The van der Waals surface area contributed by atoms with Crippen LogP contribution in [-0.2, 0) is 57.2 Å². The van der Waals surface area contributed by atoms with Gasteiger partial charge in [0, 0.05) is 38.5 Å². The Kier molecular flexibility index (Phi) is 46.2. The molecule has 0 rings (SSSR count). The molecular formula is C56H96O13. The van der Waals surface area contributed by atoms with E-state index in [1.54, 1.807) is 0 Å². The van der Waals surface area contributed by atoms with E-state index in [0.717, 1.165) is 57.8 Å². The minimum absolute atomic E-state index is 0.0783. The van der Waals surface area contributed by atoms with Crippen molar-refractivity contribution < 1.29 is 62.3 Å². The van der Waals surface area contributed by atoms with Crippen molar-refractivity contribution in [3.8, 4) is 0 Å². The van der Waals surface area contributed by atoms with E-state index in [9.17, 15) is 33.9 Å². The van der Waals surface area contributed by atoms with Gasteiger partial charge in [0.05, 0.1) is 31.8 Å². The molecule has 398 valence electrons. The Labute approximate surface area is 417 Å². The lowest BCUT2D eigenvalue weighted by Crippen LogP contribution is -2.42.